The molecule has 0 saturated carbocycles. The Bertz CT molecular complexity index is 1210. The van der Waals surface area contributed by atoms with E-state index in [2.05, 4.69) is 10.6 Å². The van der Waals surface area contributed by atoms with Gasteiger partial charge >= 0.3 is 17.9 Å². The van der Waals surface area contributed by atoms with Crippen molar-refractivity contribution in [1.82, 2.24) is 5.32 Å². The molecule has 1 atom stereocenters. The number of carbonyl (C=O) groups excluding carboxylic acids is 2. The summed E-state index contributed by atoms with van der Waals surface area (Å²) < 4.78 is 11.6. The second-order valence-electron chi connectivity index (χ2n) is 8.39. The molecule has 2 aromatic rings. The van der Waals surface area contributed by atoms with Crippen molar-refractivity contribution in [3.8, 4) is 11.5 Å². The van der Waals surface area contributed by atoms with E-state index in [0.29, 0.717) is 47.6 Å². The molecule has 37 heavy (non-hydrogen) atoms. The Morgan fingerprint density at radius 1 is 1.14 bits per heavy atom. The van der Waals surface area contributed by atoms with Crippen LogP contribution in [0.5, 0.6) is 11.5 Å². The second kappa shape index (κ2) is 12.4. The van der Waals surface area contributed by atoms with Crippen LogP contribution < -0.4 is 25.8 Å². The van der Waals surface area contributed by atoms with Gasteiger partial charge in [-0.05, 0) is 61.1 Å². The largest absolute Gasteiger partial charge is 0.489 e. The number of amides is 1. The molecule has 1 amide bonds. The highest BCUT2D eigenvalue weighted by molar-refractivity contribution is 5.95. The summed E-state index contributed by atoms with van der Waals surface area (Å²) in [5.41, 5.74) is 7.64. The van der Waals surface area contributed by atoms with Crippen LogP contribution in [0.1, 0.15) is 47.2 Å². The molecule has 0 saturated heterocycles. The summed E-state index contributed by atoms with van der Waals surface area (Å²) in [7, 11) is 0. The quantitative estimate of drug-likeness (QED) is 0.125. The molecule has 1 aliphatic rings. The summed E-state index contributed by atoms with van der Waals surface area (Å²) >= 11 is 0. The Morgan fingerprint density at radius 3 is 2.62 bits per heavy atom. The van der Waals surface area contributed by atoms with E-state index in [0.717, 1.165) is 0 Å². The lowest BCUT2D eigenvalue weighted by atomic mass is 10.0. The minimum Gasteiger partial charge on any atom is -0.489 e. The van der Waals surface area contributed by atoms with Gasteiger partial charge in [0, 0.05) is 18.5 Å². The summed E-state index contributed by atoms with van der Waals surface area (Å²) in [4.78, 5) is 47.4. The highest BCUT2D eigenvalue weighted by atomic mass is 16.6. The van der Waals surface area contributed by atoms with Gasteiger partial charge in [-0.25, -0.2) is 9.59 Å². The summed E-state index contributed by atoms with van der Waals surface area (Å²) in [6.07, 6.45) is 0.546. The van der Waals surface area contributed by atoms with Crippen LogP contribution in [-0.2, 0) is 27.2 Å². The molecule has 12 nitrogen and oxygen atoms in total. The van der Waals surface area contributed by atoms with Gasteiger partial charge in [0.15, 0.2) is 17.5 Å². The Balaban J connectivity index is 1.74. The third-order valence-electron chi connectivity index (χ3n) is 5.61. The number of aliphatic carboxylic acids is 2. The number of rotatable bonds is 9. The van der Waals surface area contributed by atoms with Crippen molar-refractivity contribution in [2.45, 2.75) is 44.6 Å². The number of carboxylic acid groups (broad SMARTS) is 2. The first-order valence-corrected chi connectivity index (χ1v) is 11.6. The number of carbonyl (C=O) groups is 4. The SMILES string of the molecule is N=C(N)Nc1ccc2c(c1)CCCOc1c(CCC(=O)N[C@@H](CCC(=O)O)C(=O)O)cccc1OC2=O. The molecular formula is C25H28N4O8. The molecule has 1 aliphatic heterocycles. The summed E-state index contributed by atoms with van der Waals surface area (Å²) in [5.74, 6) is -3.33. The number of anilines is 1. The topological polar surface area (TPSA) is 201 Å². The van der Waals surface area contributed by atoms with Gasteiger partial charge in [-0.1, -0.05) is 12.1 Å². The molecule has 0 aromatic heterocycles. The molecule has 3 rings (SSSR count). The van der Waals surface area contributed by atoms with E-state index in [1.165, 1.54) is 0 Å². The van der Waals surface area contributed by atoms with E-state index in [4.69, 9.17) is 25.7 Å². The average molecular weight is 513 g/mol. The van der Waals surface area contributed by atoms with Crippen LogP contribution in [0.2, 0.25) is 0 Å². The van der Waals surface area contributed by atoms with Gasteiger partial charge in [0.05, 0.1) is 12.2 Å². The van der Waals surface area contributed by atoms with Gasteiger partial charge in [0.2, 0.25) is 5.91 Å². The minimum absolute atomic E-state index is 0.0840. The molecule has 1 heterocycles. The van der Waals surface area contributed by atoms with Gasteiger partial charge in [0.25, 0.3) is 0 Å². The number of esters is 1. The maximum absolute atomic E-state index is 13.0. The lowest BCUT2D eigenvalue weighted by Gasteiger charge is -2.19. The van der Waals surface area contributed by atoms with E-state index in [1.807, 2.05) is 0 Å². The second-order valence-corrected chi connectivity index (χ2v) is 8.39. The van der Waals surface area contributed by atoms with Crippen LogP contribution in [0.4, 0.5) is 5.69 Å². The molecule has 0 fully saturated rings. The van der Waals surface area contributed by atoms with Crippen LogP contribution in [0.3, 0.4) is 0 Å². The molecule has 0 radical (unpaired) electrons. The lowest BCUT2D eigenvalue weighted by molar-refractivity contribution is -0.143. The van der Waals surface area contributed by atoms with Crippen molar-refractivity contribution < 1.29 is 38.9 Å². The number of para-hydroxylation sites is 1. The molecule has 0 spiro atoms. The fraction of sp³-hybridized carbons (Fsp3) is 0.320. The zero-order valence-electron chi connectivity index (χ0n) is 19.9. The first-order chi connectivity index (χ1) is 17.6. The van der Waals surface area contributed by atoms with Crippen LogP contribution >= 0.6 is 0 Å². The molecule has 12 heteroatoms. The number of benzene rings is 2. The monoisotopic (exact) mass is 512 g/mol. The van der Waals surface area contributed by atoms with Crippen LogP contribution in [0, 0.1) is 5.41 Å². The van der Waals surface area contributed by atoms with E-state index in [1.54, 1.807) is 36.4 Å². The smallest absolute Gasteiger partial charge is 0.343 e. The number of carboxylic acids is 2. The van der Waals surface area contributed by atoms with Crippen LogP contribution in [-0.4, -0.2) is 52.6 Å². The fourth-order valence-electron chi connectivity index (χ4n) is 3.87. The number of nitrogens with two attached hydrogens (primary N) is 1. The number of guanidine groups is 1. The molecule has 0 bridgehead atoms. The first kappa shape index (κ1) is 27.0. The van der Waals surface area contributed by atoms with Crippen molar-refractivity contribution in [2.24, 2.45) is 5.73 Å². The highest BCUT2D eigenvalue weighted by Gasteiger charge is 2.23. The number of hydrogen-bond acceptors (Lipinski definition) is 7. The lowest BCUT2D eigenvalue weighted by Crippen LogP contribution is -2.41. The van der Waals surface area contributed by atoms with Crippen molar-refractivity contribution in [3.05, 3.63) is 53.1 Å². The van der Waals surface area contributed by atoms with Crippen molar-refractivity contribution in [3.63, 3.8) is 0 Å². The highest BCUT2D eigenvalue weighted by Crippen LogP contribution is 2.34. The predicted octanol–water partition coefficient (Wildman–Crippen LogP) is 1.90. The Hall–Kier alpha value is -4.61. The van der Waals surface area contributed by atoms with E-state index in [-0.39, 0.29) is 37.4 Å². The van der Waals surface area contributed by atoms with Crippen molar-refractivity contribution >= 4 is 35.5 Å². The number of ether oxygens (including phenoxy) is 2. The zero-order valence-corrected chi connectivity index (χ0v) is 19.9. The van der Waals surface area contributed by atoms with E-state index < -0.39 is 29.9 Å². The van der Waals surface area contributed by atoms with Crippen molar-refractivity contribution in [1.29, 1.82) is 5.41 Å². The molecule has 2 aromatic carbocycles. The van der Waals surface area contributed by atoms with Gasteiger partial charge < -0.3 is 36.1 Å². The molecule has 0 aliphatic carbocycles. The number of fused-ring (bicyclic) bond motifs is 2. The standard InChI is InChI=1S/C25H28N4O8/c26-25(27)28-16-7-8-17-15(13-16)4-2-12-36-22-14(3-1-5-19(22)37-24(17)35)6-10-20(30)29-18(23(33)34)9-11-21(31)32/h1,3,5,7-8,13,18H,2,4,6,9-12H2,(H,29,30)(H,31,32)(H,33,34)(H4,26,27,28)/t18-/m0/s1. The van der Waals surface area contributed by atoms with Gasteiger partial charge in [-0.15, -0.1) is 0 Å². The zero-order chi connectivity index (χ0) is 26.9. The summed E-state index contributed by atoms with van der Waals surface area (Å²) in [5, 5.41) is 30.4. The number of nitrogens with one attached hydrogen (secondary N) is 3. The van der Waals surface area contributed by atoms with Crippen LogP contribution in [0.25, 0.3) is 0 Å². The summed E-state index contributed by atoms with van der Waals surface area (Å²) in [6, 6.07) is 8.60. The number of hydrogen-bond donors (Lipinski definition) is 6. The molecule has 196 valence electrons. The van der Waals surface area contributed by atoms with Gasteiger partial charge in [-0.3, -0.25) is 15.0 Å². The fourth-order valence-corrected chi connectivity index (χ4v) is 3.87. The van der Waals surface area contributed by atoms with E-state index >= 15 is 0 Å². The molecule has 0 unspecified atom stereocenters. The average Bonchev–Trinajstić information content (AvgIpc) is 2.83. The normalized spacial score (nSPS) is 13.6. The van der Waals surface area contributed by atoms with E-state index in [9.17, 15) is 24.3 Å². The number of aryl methyl sites for hydroxylation is 2. The van der Waals surface area contributed by atoms with Gasteiger partial charge in [0.1, 0.15) is 6.04 Å². The van der Waals surface area contributed by atoms with Crippen LogP contribution in [0.15, 0.2) is 36.4 Å². The first-order valence-electron chi connectivity index (χ1n) is 11.6. The Morgan fingerprint density at radius 2 is 1.92 bits per heavy atom. The third-order valence-corrected chi connectivity index (χ3v) is 5.61. The van der Waals surface area contributed by atoms with Crippen molar-refractivity contribution in [2.75, 3.05) is 11.9 Å². The Kier molecular flexibility index (Phi) is 9.03. The maximum atomic E-state index is 13.0. The Labute approximate surface area is 212 Å². The summed E-state index contributed by atoms with van der Waals surface area (Å²) in [6.45, 7) is 0.299. The molecule has 7 N–H and O–H groups in total. The van der Waals surface area contributed by atoms with Gasteiger partial charge in [-0.2, -0.15) is 0 Å². The molecular weight excluding hydrogens is 484 g/mol. The third kappa shape index (κ3) is 7.69. The maximum Gasteiger partial charge on any atom is 0.343 e. The predicted molar refractivity (Wildman–Crippen MR) is 132 cm³/mol. The minimum atomic E-state index is -1.31.